The number of anilines is 1. The molecule has 2 rings (SSSR count). The Balaban J connectivity index is 2.05. The second-order valence-corrected chi connectivity index (χ2v) is 7.22. The molecule has 0 radical (unpaired) electrons. The highest BCUT2D eigenvalue weighted by atomic mass is 32.2. The Hall–Kier alpha value is -2.32. The van der Waals surface area contributed by atoms with Gasteiger partial charge in [0, 0.05) is 4.90 Å². The summed E-state index contributed by atoms with van der Waals surface area (Å²) >= 11 is 2.69. The van der Waals surface area contributed by atoms with Crippen molar-refractivity contribution in [2.24, 2.45) is 5.73 Å². The van der Waals surface area contributed by atoms with E-state index < -0.39 is 23.9 Å². The van der Waals surface area contributed by atoms with Gasteiger partial charge in [-0.2, -0.15) is 0 Å². The van der Waals surface area contributed by atoms with Crippen molar-refractivity contribution < 1.29 is 19.1 Å². The lowest BCUT2D eigenvalue weighted by Crippen LogP contribution is -2.30. The standard InChI is InChI=1S/C17H18N2O4S2/c1-3-24-13-7-5-4-6-11(13)17(22)23-10(2)15(21)19-16-12(14(18)20)8-9-25-16/h4-10H,3H2,1-2H3,(H2,18,20)(H,19,21)/t10-/m1/s1. The first-order valence-corrected chi connectivity index (χ1v) is 9.41. The van der Waals surface area contributed by atoms with E-state index in [9.17, 15) is 14.4 Å². The second-order valence-electron chi connectivity index (χ2n) is 4.99. The Kier molecular flexibility index (Phi) is 6.60. The van der Waals surface area contributed by atoms with E-state index in [2.05, 4.69) is 5.32 Å². The molecule has 1 aromatic heterocycles. The van der Waals surface area contributed by atoms with Crippen molar-refractivity contribution in [3.8, 4) is 0 Å². The van der Waals surface area contributed by atoms with Crippen molar-refractivity contribution in [3.05, 3.63) is 46.8 Å². The first-order chi connectivity index (χ1) is 11.9. The molecule has 0 saturated carbocycles. The molecule has 0 spiro atoms. The van der Waals surface area contributed by atoms with Crippen LogP contribution in [-0.4, -0.2) is 29.6 Å². The number of thioether (sulfide) groups is 1. The summed E-state index contributed by atoms with van der Waals surface area (Å²) in [5, 5.41) is 4.54. The summed E-state index contributed by atoms with van der Waals surface area (Å²) in [5.74, 6) is -0.916. The number of ether oxygens (including phenoxy) is 1. The van der Waals surface area contributed by atoms with Gasteiger partial charge in [-0.25, -0.2) is 4.79 Å². The highest BCUT2D eigenvalue weighted by Crippen LogP contribution is 2.25. The zero-order chi connectivity index (χ0) is 18.4. The smallest absolute Gasteiger partial charge is 0.340 e. The van der Waals surface area contributed by atoms with Crippen molar-refractivity contribution in [3.63, 3.8) is 0 Å². The molecule has 8 heteroatoms. The van der Waals surface area contributed by atoms with Crippen LogP contribution in [0.2, 0.25) is 0 Å². The molecule has 0 saturated heterocycles. The van der Waals surface area contributed by atoms with E-state index in [-0.39, 0.29) is 5.56 Å². The van der Waals surface area contributed by atoms with Crippen LogP contribution < -0.4 is 11.1 Å². The van der Waals surface area contributed by atoms with Crippen LogP contribution in [0.15, 0.2) is 40.6 Å². The van der Waals surface area contributed by atoms with Crippen molar-refractivity contribution in [1.29, 1.82) is 0 Å². The Morgan fingerprint density at radius 3 is 2.64 bits per heavy atom. The summed E-state index contributed by atoms with van der Waals surface area (Å²) in [7, 11) is 0. The number of esters is 1. The predicted octanol–water partition coefficient (Wildman–Crippen LogP) is 3.14. The lowest BCUT2D eigenvalue weighted by molar-refractivity contribution is -0.123. The number of rotatable bonds is 7. The fourth-order valence-electron chi connectivity index (χ4n) is 2.01. The minimum absolute atomic E-state index is 0.224. The van der Waals surface area contributed by atoms with Crippen molar-refractivity contribution in [1.82, 2.24) is 0 Å². The number of primary amides is 1. The lowest BCUT2D eigenvalue weighted by Gasteiger charge is -2.14. The monoisotopic (exact) mass is 378 g/mol. The first-order valence-electron chi connectivity index (χ1n) is 7.55. The summed E-state index contributed by atoms with van der Waals surface area (Å²) < 4.78 is 5.26. The maximum Gasteiger partial charge on any atom is 0.340 e. The number of nitrogens with one attached hydrogen (secondary N) is 1. The molecule has 0 bridgehead atoms. The van der Waals surface area contributed by atoms with Gasteiger partial charge in [-0.05, 0) is 36.3 Å². The number of carbonyl (C=O) groups is 3. The number of carbonyl (C=O) groups excluding carboxylic acids is 3. The van der Waals surface area contributed by atoms with Crippen LogP contribution >= 0.6 is 23.1 Å². The molecule has 6 nitrogen and oxygen atoms in total. The van der Waals surface area contributed by atoms with Gasteiger partial charge >= 0.3 is 5.97 Å². The maximum atomic E-state index is 12.3. The van der Waals surface area contributed by atoms with Crippen LogP contribution in [0.4, 0.5) is 5.00 Å². The maximum absolute atomic E-state index is 12.3. The summed E-state index contributed by atoms with van der Waals surface area (Å²) in [5.41, 5.74) is 5.88. The first kappa shape index (κ1) is 19.0. The zero-order valence-corrected chi connectivity index (χ0v) is 15.4. The van der Waals surface area contributed by atoms with Gasteiger partial charge < -0.3 is 15.8 Å². The molecule has 1 atom stereocenters. The highest BCUT2D eigenvalue weighted by Gasteiger charge is 2.22. The Labute approximate surface area is 153 Å². The van der Waals surface area contributed by atoms with E-state index in [0.29, 0.717) is 10.6 Å². The third kappa shape index (κ3) is 4.83. The van der Waals surface area contributed by atoms with Crippen LogP contribution in [0.5, 0.6) is 0 Å². The quantitative estimate of drug-likeness (QED) is 0.570. The zero-order valence-electron chi connectivity index (χ0n) is 13.8. The van der Waals surface area contributed by atoms with Crippen LogP contribution in [0, 0.1) is 0 Å². The Morgan fingerprint density at radius 2 is 1.96 bits per heavy atom. The Bertz CT molecular complexity index is 788. The van der Waals surface area contributed by atoms with E-state index in [1.54, 1.807) is 17.5 Å². The van der Waals surface area contributed by atoms with Crippen LogP contribution in [-0.2, 0) is 9.53 Å². The average molecular weight is 378 g/mol. The molecule has 0 unspecified atom stereocenters. The summed E-state index contributed by atoms with van der Waals surface area (Å²) in [6.45, 7) is 3.46. The molecule has 3 N–H and O–H groups in total. The number of nitrogens with two attached hydrogens (primary N) is 1. The van der Waals surface area contributed by atoms with E-state index in [1.807, 2.05) is 19.1 Å². The number of hydrogen-bond acceptors (Lipinski definition) is 6. The van der Waals surface area contributed by atoms with Crippen LogP contribution in [0.1, 0.15) is 34.6 Å². The lowest BCUT2D eigenvalue weighted by atomic mass is 10.2. The van der Waals surface area contributed by atoms with E-state index in [4.69, 9.17) is 10.5 Å². The molecule has 1 heterocycles. The van der Waals surface area contributed by atoms with Crippen LogP contribution in [0.3, 0.4) is 0 Å². The van der Waals surface area contributed by atoms with Gasteiger partial charge in [-0.15, -0.1) is 23.1 Å². The van der Waals surface area contributed by atoms with Gasteiger partial charge in [0.1, 0.15) is 5.00 Å². The molecule has 2 amide bonds. The van der Waals surface area contributed by atoms with Crippen molar-refractivity contribution in [2.75, 3.05) is 11.1 Å². The van der Waals surface area contributed by atoms with Crippen molar-refractivity contribution >= 4 is 45.9 Å². The molecule has 132 valence electrons. The van der Waals surface area contributed by atoms with Gasteiger partial charge in [-0.1, -0.05) is 19.1 Å². The number of amides is 2. The minimum atomic E-state index is -1.02. The van der Waals surface area contributed by atoms with Crippen molar-refractivity contribution in [2.45, 2.75) is 24.8 Å². The van der Waals surface area contributed by atoms with Gasteiger partial charge in [0.15, 0.2) is 6.10 Å². The fraction of sp³-hybridized carbons (Fsp3) is 0.235. The van der Waals surface area contributed by atoms with Gasteiger partial charge in [-0.3, -0.25) is 9.59 Å². The average Bonchev–Trinajstić information content (AvgIpc) is 3.03. The third-order valence-corrected chi connectivity index (χ3v) is 5.01. The summed E-state index contributed by atoms with van der Waals surface area (Å²) in [4.78, 5) is 36.7. The fourth-order valence-corrected chi connectivity index (χ4v) is 3.60. The third-order valence-electron chi connectivity index (χ3n) is 3.23. The van der Waals surface area contributed by atoms with Gasteiger partial charge in [0.2, 0.25) is 0 Å². The molecule has 0 aliphatic rings. The van der Waals surface area contributed by atoms with Gasteiger partial charge in [0.25, 0.3) is 11.8 Å². The molecule has 0 fully saturated rings. The van der Waals surface area contributed by atoms with E-state index in [1.165, 1.54) is 36.1 Å². The Morgan fingerprint density at radius 1 is 1.24 bits per heavy atom. The van der Waals surface area contributed by atoms with Gasteiger partial charge in [0.05, 0.1) is 11.1 Å². The SMILES string of the molecule is CCSc1ccccc1C(=O)O[C@H](C)C(=O)Nc1sccc1C(N)=O. The molecule has 1 aromatic carbocycles. The molecule has 2 aromatic rings. The number of benzene rings is 1. The van der Waals surface area contributed by atoms with E-state index >= 15 is 0 Å². The molecule has 0 aliphatic heterocycles. The summed E-state index contributed by atoms with van der Waals surface area (Å²) in [6.07, 6.45) is -1.02. The second kappa shape index (κ2) is 8.68. The highest BCUT2D eigenvalue weighted by molar-refractivity contribution is 7.99. The van der Waals surface area contributed by atoms with E-state index in [0.717, 1.165) is 10.6 Å². The predicted molar refractivity (Wildman–Crippen MR) is 99.2 cm³/mol. The number of thiophene rings is 1. The minimum Gasteiger partial charge on any atom is -0.449 e. The topological polar surface area (TPSA) is 98.5 Å². The molecule has 0 aliphatic carbocycles. The summed E-state index contributed by atoms with van der Waals surface area (Å²) in [6, 6.07) is 8.60. The molecular weight excluding hydrogens is 360 g/mol. The molecular formula is C17H18N2O4S2. The number of hydrogen-bond donors (Lipinski definition) is 2. The molecule has 25 heavy (non-hydrogen) atoms. The van der Waals surface area contributed by atoms with Crippen LogP contribution in [0.25, 0.3) is 0 Å². The largest absolute Gasteiger partial charge is 0.449 e. The normalized spacial score (nSPS) is 11.6.